The van der Waals surface area contributed by atoms with Crippen LogP contribution in [0.25, 0.3) is 0 Å². The molecule has 0 saturated heterocycles. The van der Waals surface area contributed by atoms with Crippen LogP contribution in [0.5, 0.6) is 5.75 Å². The topological polar surface area (TPSA) is 93.2 Å². The van der Waals surface area contributed by atoms with Gasteiger partial charge in [-0.05, 0) is 18.2 Å². The number of aromatic nitrogens is 2. The van der Waals surface area contributed by atoms with E-state index in [4.69, 9.17) is 5.73 Å². The Hall–Kier alpha value is -2.50. The highest BCUT2D eigenvalue weighted by molar-refractivity contribution is 6.04. The van der Waals surface area contributed by atoms with E-state index in [0.717, 1.165) is 0 Å². The summed E-state index contributed by atoms with van der Waals surface area (Å²) >= 11 is 0. The van der Waals surface area contributed by atoms with Gasteiger partial charge in [-0.15, -0.1) is 0 Å². The molecule has 0 spiro atoms. The second kappa shape index (κ2) is 4.17. The number of carbonyl (C=O) groups excluding carboxylic acids is 1. The van der Waals surface area contributed by atoms with Crippen LogP contribution in [0.4, 0.5) is 11.5 Å². The molecule has 0 fully saturated rings. The summed E-state index contributed by atoms with van der Waals surface area (Å²) in [5, 5.41) is 16.0. The van der Waals surface area contributed by atoms with Crippen molar-refractivity contribution in [3.63, 3.8) is 0 Å². The summed E-state index contributed by atoms with van der Waals surface area (Å²) in [7, 11) is 1.75. The van der Waals surface area contributed by atoms with Crippen LogP contribution in [-0.2, 0) is 7.05 Å². The fourth-order valence-electron chi connectivity index (χ4n) is 1.36. The molecule has 4 N–H and O–H groups in total. The van der Waals surface area contributed by atoms with Crippen LogP contribution in [0.1, 0.15) is 10.4 Å². The zero-order valence-corrected chi connectivity index (χ0v) is 9.21. The van der Waals surface area contributed by atoms with E-state index in [-0.39, 0.29) is 17.3 Å². The molecule has 0 aliphatic heterocycles. The van der Waals surface area contributed by atoms with Crippen molar-refractivity contribution in [3.05, 3.63) is 36.0 Å². The Morgan fingerprint density at radius 2 is 2.24 bits per heavy atom. The molecule has 6 heteroatoms. The lowest BCUT2D eigenvalue weighted by Crippen LogP contribution is -2.12. The Balaban J connectivity index is 2.17. The average Bonchev–Trinajstić information content (AvgIpc) is 2.68. The molecule has 0 atom stereocenters. The number of nitrogens with two attached hydrogens (primary N) is 1. The van der Waals surface area contributed by atoms with Gasteiger partial charge < -0.3 is 16.2 Å². The second-order valence-corrected chi connectivity index (χ2v) is 3.60. The van der Waals surface area contributed by atoms with E-state index in [1.807, 2.05) is 0 Å². The number of amides is 1. The molecular weight excluding hydrogens is 220 g/mol. The lowest BCUT2D eigenvalue weighted by Gasteiger charge is -2.04. The van der Waals surface area contributed by atoms with Crippen LogP contribution in [0.3, 0.4) is 0 Å². The third-order valence-electron chi connectivity index (χ3n) is 2.25. The molecule has 88 valence electrons. The molecule has 1 aromatic heterocycles. The Morgan fingerprint density at radius 1 is 1.47 bits per heavy atom. The molecule has 0 radical (unpaired) electrons. The molecule has 17 heavy (non-hydrogen) atoms. The van der Waals surface area contributed by atoms with Gasteiger partial charge in [0.05, 0.1) is 5.69 Å². The number of nitrogens with one attached hydrogen (secondary N) is 1. The number of phenolic OH excluding ortho intramolecular Hbond substituents is 1. The molecule has 2 aromatic rings. The van der Waals surface area contributed by atoms with Gasteiger partial charge in [0.25, 0.3) is 5.91 Å². The number of aromatic hydroxyl groups is 1. The number of rotatable bonds is 2. The Bertz CT molecular complexity index is 562. The van der Waals surface area contributed by atoms with Crippen molar-refractivity contribution in [1.82, 2.24) is 9.78 Å². The van der Waals surface area contributed by atoms with E-state index in [0.29, 0.717) is 11.4 Å². The molecule has 2 rings (SSSR count). The van der Waals surface area contributed by atoms with Crippen molar-refractivity contribution >= 4 is 17.4 Å². The Labute approximate surface area is 97.7 Å². The SMILES string of the molecule is Cn1ccc(NC(=O)c2ccc(N)c(O)c2)n1. The summed E-state index contributed by atoms with van der Waals surface area (Å²) < 4.78 is 1.58. The average molecular weight is 232 g/mol. The first-order chi connectivity index (χ1) is 8.06. The van der Waals surface area contributed by atoms with Crippen molar-refractivity contribution in [3.8, 4) is 5.75 Å². The molecular formula is C11H12N4O2. The van der Waals surface area contributed by atoms with Gasteiger partial charge in [-0.1, -0.05) is 0 Å². The minimum atomic E-state index is -0.348. The van der Waals surface area contributed by atoms with Crippen molar-refractivity contribution in [2.75, 3.05) is 11.1 Å². The molecule has 0 aliphatic carbocycles. The standard InChI is InChI=1S/C11H12N4O2/c1-15-5-4-10(14-15)13-11(17)7-2-3-8(12)9(16)6-7/h2-6,16H,12H2,1H3,(H,13,14,17). The maximum Gasteiger partial charge on any atom is 0.257 e. The van der Waals surface area contributed by atoms with Gasteiger partial charge in [-0.2, -0.15) is 5.10 Å². The second-order valence-electron chi connectivity index (χ2n) is 3.60. The van der Waals surface area contributed by atoms with Crippen LogP contribution in [0.2, 0.25) is 0 Å². The van der Waals surface area contributed by atoms with Gasteiger partial charge in [0.15, 0.2) is 5.82 Å². The highest BCUT2D eigenvalue weighted by Gasteiger charge is 2.09. The lowest BCUT2D eigenvalue weighted by atomic mass is 10.2. The van der Waals surface area contributed by atoms with Crippen molar-refractivity contribution in [2.45, 2.75) is 0 Å². The summed E-state index contributed by atoms with van der Waals surface area (Å²) in [6.45, 7) is 0. The molecule has 0 saturated carbocycles. The number of carbonyl (C=O) groups is 1. The van der Waals surface area contributed by atoms with E-state index in [2.05, 4.69) is 10.4 Å². The summed E-state index contributed by atoms with van der Waals surface area (Å²) in [5.41, 5.74) is 6.00. The van der Waals surface area contributed by atoms with Gasteiger partial charge in [-0.25, -0.2) is 0 Å². The molecule has 0 aliphatic rings. The molecule has 1 amide bonds. The third kappa shape index (κ3) is 2.36. The highest BCUT2D eigenvalue weighted by Crippen LogP contribution is 2.21. The van der Waals surface area contributed by atoms with Crippen LogP contribution in [0.15, 0.2) is 30.5 Å². The maximum absolute atomic E-state index is 11.8. The van der Waals surface area contributed by atoms with Crippen LogP contribution >= 0.6 is 0 Å². The van der Waals surface area contributed by atoms with Gasteiger partial charge in [0, 0.05) is 24.9 Å². The predicted octanol–water partition coefficient (Wildman–Crippen LogP) is 0.960. The quantitative estimate of drug-likeness (QED) is 0.531. The number of hydrogen-bond acceptors (Lipinski definition) is 4. The largest absolute Gasteiger partial charge is 0.506 e. The smallest absolute Gasteiger partial charge is 0.257 e. The molecule has 0 unspecified atom stereocenters. The normalized spacial score (nSPS) is 10.2. The zero-order chi connectivity index (χ0) is 12.4. The first-order valence-corrected chi connectivity index (χ1v) is 4.96. The van der Waals surface area contributed by atoms with E-state index >= 15 is 0 Å². The Morgan fingerprint density at radius 3 is 2.82 bits per heavy atom. The first-order valence-electron chi connectivity index (χ1n) is 4.96. The van der Waals surface area contributed by atoms with Crippen LogP contribution < -0.4 is 11.1 Å². The molecule has 1 heterocycles. The predicted molar refractivity (Wildman–Crippen MR) is 63.7 cm³/mol. The number of phenols is 1. The fraction of sp³-hybridized carbons (Fsp3) is 0.0909. The Kier molecular flexibility index (Phi) is 2.70. The highest BCUT2D eigenvalue weighted by atomic mass is 16.3. The molecule has 0 bridgehead atoms. The summed E-state index contributed by atoms with van der Waals surface area (Å²) in [6, 6.07) is 6.00. The van der Waals surface area contributed by atoms with Crippen LogP contribution in [0, 0.1) is 0 Å². The number of anilines is 2. The van der Waals surface area contributed by atoms with Gasteiger partial charge in [0.2, 0.25) is 0 Å². The van der Waals surface area contributed by atoms with Gasteiger partial charge in [0.1, 0.15) is 5.75 Å². The number of benzene rings is 1. The number of hydrogen-bond donors (Lipinski definition) is 3. The molecule has 6 nitrogen and oxygen atoms in total. The minimum Gasteiger partial charge on any atom is -0.506 e. The number of aryl methyl sites for hydroxylation is 1. The molecule has 1 aromatic carbocycles. The van der Waals surface area contributed by atoms with Crippen molar-refractivity contribution in [1.29, 1.82) is 0 Å². The van der Waals surface area contributed by atoms with Crippen molar-refractivity contribution < 1.29 is 9.90 Å². The number of nitrogen functional groups attached to an aromatic ring is 1. The fourth-order valence-corrected chi connectivity index (χ4v) is 1.36. The number of nitrogens with zero attached hydrogens (tertiary/aromatic N) is 2. The monoisotopic (exact) mass is 232 g/mol. The van der Waals surface area contributed by atoms with Crippen LogP contribution in [-0.4, -0.2) is 20.8 Å². The summed E-state index contributed by atoms with van der Waals surface area (Å²) in [4.78, 5) is 11.8. The van der Waals surface area contributed by atoms with Gasteiger partial charge in [-0.3, -0.25) is 9.48 Å². The summed E-state index contributed by atoms with van der Waals surface area (Å²) in [6.07, 6.45) is 1.72. The summed E-state index contributed by atoms with van der Waals surface area (Å²) in [5.74, 6) is -0.00788. The lowest BCUT2D eigenvalue weighted by molar-refractivity contribution is 0.102. The van der Waals surface area contributed by atoms with Crippen molar-refractivity contribution in [2.24, 2.45) is 7.05 Å². The first kappa shape index (κ1) is 11.0. The zero-order valence-electron chi connectivity index (χ0n) is 9.21. The van der Waals surface area contributed by atoms with E-state index in [1.54, 1.807) is 24.0 Å². The van der Waals surface area contributed by atoms with E-state index in [9.17, 15) is 9.90 Å². The minimum absolute atomic E-state index is 0.112. The van der Waals surface area contributed by atoms with E-state index in [1.165, 1.54) is 18.2 Å². The van der Waals surface area contributed by atoms with Gasteiger partial charge >= 0.3 is 0 Å². The third-order valence-corrected chi connectivity index (χ3v) is 2.25. The van der Waals surface area contributed by atoms with E-state index < -0.39 is 0 Å². The maximum atomic E-state index is 11.8.